The number of carbonyl (C=O) groups excluding carboxylic acids is 1. The number of hydrogen-bond donors (Lipinski definition) is 2. The summed E-state index contributed by atoms with van der Waals surface area (Å²) in [5.41, 5.74) is 7.95. The van der Waals surface area contributed by atoms with Gasteiger partial charge >= 0.3 is 0 Å². The van der Waals surface area contributed by atoms with Crippen molar-refractivity contribution in [3.05, 3.63) is 82.5 Å². The number of nitrogens with zero attached hydrogens (tertiary/aromatic N) is 2. The van der Waals surface area contributed by atoms with E-state index in [-0.39, 0.29) is 16.7 Å². The van der Waals surface area contributed by atoms with E-state index in [0.29, 0.717) is 29.2 Å². The van der Waals surface area contributed by atoms with Crippen molar-refractivity contribution in [2.45, 2.75) is 6.61 Å². The number of hydrogen-bond acceptors (Lipinski definition) is 5. The zero-order chi connectivity index (χ0) is 19.2. The molecule has 0 saturated carbocycles. The molecule has 0 aliphatic rings. The van der Waals surface area contributed by atoms with E-state index in [0.717, 1.165) is 5.56 Å². The van der Waals surface area contributed by atoms with Gasteiger partial charge in [-0.3, -0.25) is 4.79 Å². The third kappa shape index (κ3) is 4.75. The van der Waals surface area contributed by atoms with E-state index in [4.69, 9.17) is 27.3 Å². The van der Waals surface area contributed by atoms with Gasteiger partial charge in [-0.15, -0.1) is 0 Å². The van der Waals surface area contributed by atoms with Gasteiger partial charge < -0.3 is 15.8 Å². The first-order valence-corrected chi connectivity index (χ1v) is 8.37. The van der Waals surface area contributed by atoms with E-state index in [1.165, 1.54) is 12.3 Å². The highest BCUT2D eigenvalue weighted by atomic mass is 35.5. The Morgan fingerprint density at radius 3 is 2.70 bits per heavy atom. The monoisotopic (exact) mass is 378 g/mol. The molecule has 1 aromatic heterocycles. The van der Waals surface area contributed by atoms with Crippen LogP contribution in [0.1, 0.15) is 21.5 Å². The number of benzene rings is 2. The minimum absolute atomic E-state index is 0.176. The zero-order valence-corrected chi connectivity index (χ0v) is 14.9. The Hall–Kier alpha value is -3.56. The molecule has 0 spiro atoms. The maximum absolute atomic E-state index is 12.2. The van der Waals surface area contributed by atoms with Gasteiger partial charge in [0.05, 0.1) is 22.2 Å². The van der Waals surface area contributed by atoms with Crippen LogP contribution in [-0.4, -0.2) is 10.9 Å². The lowest BCUT2D eigenvalue weighted by molar-refractivity contribution is 0.102. The summed E-state index contributed by atoms with van der Waals surface area (Å²) in [6.45, 7) is 0.344. The summed E-state index contributed by atoms with van der Waals surface area (Å²) in [6.07, 6.45) is 1.36. The van der Waals surface area contributed by atoms with E-state index in [1.54, 1.807) is 36.4 Å². The van der Waals surface area contributed by atoms with Crippen molar-refractivity contribution in [3.8, 4) is 11.8 Å². The lowest BCUT2D eigenvalue weighted by atomic mass is 10.1. The summed E-state index contributed by atoms with van der Waals surface area (Å²) in [7, 11) is 0. The van der Waals surface area contributed by atoms with Crippen LogP contribution < -0.4 is 15.8 Å². The largest absolute Gasteiger partial charge is 0.489 e. The Morgan fingerprint density at radius 1 is 1.22 bits per heavy atom. The van der Waals surface area contributed by atoms with Gasteiger partial charge in [0.2, 0.25) is 0 Å². The maximum Gasteiger partial charge on any atom is 0.257 e. The minimum Gasteiger partial charge on any atom is -0.489 e. The molecule has 0 aliphatic heterocycles. The molecule has 0 atom stereocenters. The van der Waals surface area contributed by atoms with Gasteiger partial charge in [-0.05, 0) is 48.0 Å². The van der Waals surface area contributed by atoms with Gasteiger partial charge in [0.15, 0.2) is 0 Å². The molecule has 0 unspecified atom stereocenters. The first kappa shape index (κ1) is 18.2. The quantitative estimate of drug-likeness (QED) is 0.698. The fourth-order valence-corrected chi connectivity index (χ4v) is 2.47. The summed E-state index contributed by atoms with van der Waals surface area (Å²) in [4.78, 5) is 16.1. The molecule has 0 aliphatic carbocycles. The van der Waals surface area contributed by atoms with E-state index in [1.807, 2.05) is 12.1 Å². The van der Waals surface area contributed by atoms with Crippen molar-refractivity contribution in [2.75, 3.05) is 11.1 Å². The van der Waals surface area contributed by atoms with Crippen molar-refractivity contribution in [1.29, 1.82) is 5.26 Å². The summed E-state index contributed by atoms with van der Waals surface area (Å²) >= 11 is 5.88. The average molecular weight is 379 g/mol. The molecule has 3 rings (SSSR count). The first-order valence-electron chi connectivity index (χ1n) is 7.99. The van der Waals surface area contributed by atoms with Gasteiger partial charge in [0.1, 0.15) is 18.2 Å². The smallest absolute Gasteiger partial charge is 0.257 e. The van der Waals surface area contributed by atoms with Crippen LogP contribution in [0, 0.1) is 11.3 Å². The molecule has 6 nitrogen and oxygen atoms in total. The SMILES string of the molecule is N#Cc1cccc(COc2ccc(NC(=O)c3cnc(N)c(Cl)c3)cc2)c1. The minimum atomic E-state index is -0.341. The van der Waals surface area contributed by atoms with Crippen LogP contribution in [0.15, 0.2) is 60.8 Å². The lowest BCUT2D eigenvalue weighted by Gasteiger charge is -2.09. The predicted octanol–water partition coefficient (Wildman–Crippen LogP) is 4.02. The molecular weight excluding hydrogens is 364 g/mol. The number of halogens is 1. The number of nitrogens with two attached hydrogens (primary N) is 1. The number of ether oxygens (including phenoxy) is 1. The van der Waals surface area contributed by atoms with Gasteiger partial charge in [0.25, 0.3) is 5.91 Å². The predicted molar refractivity (Wildman–Crippen MR) is 104 cm³/mol. The van der Waals surface area contributed by atoms with Gasteiger partial charge in [-0.1, -0.05) is 23.7 Å². The second kappa shape index (κ2) is 8.21. The fraction of sp³-hybridized carbons (Fsp3) is 0.0500. The molecule has 0 radical (unpaired) electrons. The van der Waals surface area contributed by atoms with Crippen molar-refractivity contribution in [3.63, 3.8) is 0 Å². The first-order chi connectivity index (χ1) is 13.0. The normalized spacial score (nSPS) is 10.1. The molecule has 2 aromatic carbocycles. The standard InChI is InChI=1S/C20H15ClN4O2/c21-18-9-15(11-24-19(18)23)20(26)25-16-4-6-17(7-5-16)27-12-14-3-1-2-13(8-14)10-22/h1-9,11H,12H2,(H2,23,24)(H,25,26). The number of rotatable bonds is 5. The zero-order valence-electron chi connectivity index (χ0n) is 14.1. The molecule has 3 aromatic rings. The highest BCUT2D eigenvalue weighted by Crippen LogP contribution is 2.20. The maximum atomic E-state index is 12.2. The van der Waals surface area contributed by atoms with Crippen molar-refractivity contribution in [2.24, 2.45) is 0 Å². The number of amides is 1. The molecule has 27 heavy (non-hydrogen) atoms. The van der Waals surface area contributed by atoms with Crippen LogP contribution >= 0.6 is 11.6 Å². The third-order valence-electron chi connectivity index (χ3n) is 3.71. The summed E-state index contributed by atoms with van der Waals surface area (Å²) in [5, 5.41) is 11.9. The van der Waals surface area contributed by atoms with Crippen LogP contribution in [0.4, 0.5) is 11.5 Å². The van der Waals surface area contributed by atoms with Crippen LogP contribution in [-0.2, 0) is 6.61 Å². The Labute approximate surface area is 161 Å². The molecule has 134 valence electrons. The molecule has 7 heteroatoms. The number of carbonyl (C=O) groups is 1. The van der Waals surface area contributed by atoms with Crippen molar-refractivity contribution < 1.29 is 9.53 Å². The molecule has 0 saturated heterocycles. The summed E-state index contributed by atoms with van der Waals surface area (Å²) in [6, 6.07) is 17.7. The summed E-state index contributed by atoms with van der Waals surface area (Å²) < 4.78 is 5.70. The van der Waals surface area contributed by atoms with E-state index in [9.17, 15) is 4.79 Å². The van der Waals surface area contributed by atoms with Crippen molar-refractivity contribution >= 4 is 29.0 Å². The number of pyridine rings is 1. The van der Waals surface area contributed by atoms with Crippen LogP contribution in [0.5, 0.6) is 5.75 Å². The lowest BCUT2D eigenvalue weighted by Crippen LogP contribution is -2.12. The topological polar surface area (TPSA) is 101 Å². The average Bonchev–Trinajstić information content (AvgIpc) is 2.69. The number of nitriles is 1. The molecule has 0 fully saturated rings. The molecule has 1 heterocycles. The number of nitrogens with one attached hydrogen (secondary N) is 1. The van der Waals surface area contributed by atoms with E-state index < -0.39 is 0 Å². The van der Waals surface area contributed by atoms with Gasteiger partial charge in [-0.2, -0.15) is 5.26 Å². The molecule has 1 amide bonds. The van der Waals surface area contributed by atoms with E-state index >= 15 is 0 Å². The molecule has 0 bridgehead atoms. The number of anilines is 2. The van der Waals surface area contributed by atoms with Crippen LogP contribution in [0.3, 0.4) is 0 Å². The number of aromatic nitrogens is 1. The Kier molecular flexibility index (Phi) is 5.55. The number of nitrogen functional groups attached to an aromatic ring is 1. The Morgan fingerprint density at radius 2 is 2.00 bits per heavy atom. The van der Waals surface area contributed by atoms with Crippen LogP contribution in [0.25, 0.3) is 0 Å². The Balaban J connectivity index is 1.60. The molecular formula is C20H15ClN4O2. The van der Waals surface area contributed by atoms with E-state index in [2.05, 4.69) is 16.4 Å². The highest BCUT2D eigenvalue weighted by Gasteiger charge is 2.09. The summed E-state index contributed by atoms with van der Waals surface area (Å²) in [5.74, 6) is 0.481. The van der Waals surface area contributed by atoms with Gasteiger partial charge in [-0.25, -0.2) is 4.98 Å². The second-order valence-corrected chi connectivity index (χ2v) is 6.08. The van der Waals surface area contributed by atoms with Crippen molar-refractivity contribution in [1.82, 2.24) is 4.98 Å². The highest BCUT2D eigenvalue weighted by molar-refractivity contribution is 6.33. The third-order valence-corrected chi connectivity index (χ3v) is 4.01. The second-order valence-electron chi connectivity index (χ2n) is 5.67. The van der Waals surface area contributed by atoms with Crippen LogP contribution in [0.2, 0.25) is 5.02 Å². The Bertz CT molecular complexity index is 1010. The molecule has 3 N–H and O–H groups in total. The van der Waals surface area contributed by atoms with Gasteiger partial charge in [0, 0.05) is 11.9 Å². The fourth-order valence-electron chi connectivity index (χ4n) is 2.31.